The van der Waals surface area contributed by atoms with Gasteiger partial charge in [-0.15, -0.1) is 0 Å². The highest BCUT2D eigenvalue weighted by atomic mass is 16.5. The van der Waals surface area contributed by atoms with Crippen LogP contribution in [0.5, 0.6) is 0 Å². The maximum absolute atomic E-state index is 6.07. The fourth-order valence-corrected chi connectivity index (χ4v) is 3.47. The fourth-order valence-electron chi connectivity index (χ4n) is 3.47. The van der Waals surface area contributed by atoms with Crippen LogP contribution in [-0.2, 0) is 9.47 Å². The topological polar surface area (TPSA) is 47.7 Å². The molecule has 120 valence electrons. The molecule has 0 aromatic rings. The van der Waals surface area contributed by atoms with E-state index in [1.807, 2.05) is 0 Å². The van der Waals surface area contributed by atoms with Crippen LogP contribution in [0.1, 0.15) is 45.4 Å². The van der Waals surface area contributed by atoms with Gasteiger partial charge in [0.2, 0.25) is 0 Å². The Morgan fingerprint density at radius 2 is 1.85 bits per heavy atom. The van der Waals surface area contributed by atoms with Gasteiger partial charge in [0.05, 0.1) is 13.2 Å². The third-order valence-corrected chi connectivity index (χ3v) is 4.60. The summed E-state index contributed by atoms with van der Waals surface area (Å²) in [5.41, 5.74) is 6.07. The fraction of sp³-hybridized carbons (Fsp3) is 1.00. The lowest BCUT2D eigenvalue weighted by Gasteiger charge is -2.38. The molecule has 4 nitrogen and oxygen atoms in total. The Morgan fingerprint density at radius 3 is 2.40 bits per heavy atom. The summed E-state index contributed by atoms with van der Waals surface area (Å²) < 4.78 is 10.6. The van der Waals surface area contributed by atoms with Crippen molar-refractivity contribution in [3.63, 3.8) is 0 Å². The summed E-state index contributed by atoms with van der Waals surface area (Å²) in [5, 5.41) is 0. The Balaban J connectivity index is 2.57. The zero-order chi connectivity index (χ0) is 14.8. The number of hydrogen-bond acceptors (Lipinski definition) is 4. The summed E-state index contributed by atoms with van der Waals surface area (Å²) in [5.74, 6) is 0.858. The number of nitrogens with two attached hydrogens (primary N) is 1. The van der Waals surface area contributed by atoms with E-state index in [0.717, 1.165) is 32.2 Å². The molecule has 1 rings (SSSR count). The second-order valence-electron chi connectivity index (χ2n) is 6.16. The molecule has 0 spiro atoms. The van der Waals surface area contributed by atoms with E-state index in [1.54, 1.807) is 14.2 Å². The van der Waals surface area contributed by atoms with Crippen molar-refractivity contribution in [3.8, 4) is 0 Å². The molecule has 4 heteroatoms. The van der Waals surface area contributed by atoms with Crippen molar-refractivity contribution in [1.82, 2.24) is 4.90 Å². The lowest BCUT2D eigenvalue weighted by Crippen LogP contribution is -2.49. The number of methoxy groups -OCH3 is 2. The minimum absolute atomic E-state index is 0.396. The lowest BCUT2D eigenvalue weighted by atomic mass is 9.84. The van der Waals surface area contributed by atoms with Crippen LogP contribution in [-0.4, -0.2) is 57.5 Å². The second-order valence-corrected chi connectivity index (χ2v) is 6.16. The van der Waals surface area contributed by atoms with E-state index < -0.39 is 0 Å². The van der Waals surface area contributed by atoms with Crippen molar-refractivity contribution in [2.24, 2.45) is 11.7 Å². The monoisotopic (exact) mass is 286 g/mol. The van der Waals surface area contributed by atoms with Crippen molar-refractivity contribution in [1.29, 1.82) is 0 Å². The molecule has 0 aromatic carbocycles. The van der Waals surface area contributed by atoms with Gasteiger partial charge in [-0.2, -0.15) is 0 Å². The summed E-state index contributed by atoms with van der Waals surface area (Å²) in [6.45, 7) is 5.41. The van der Waals surface area contributed by atoms with Gasteiger partial charge in [0.15, 0.2) is 0 Å². The smallest absolute Gasteiger partial charge is 0.0615 e. The number of rotatable bonds is 10. The molecule has 2 unspecified atom stereocenters. The summed E-state index contributed by atoms with van der Waals surface area (Å²) in [6, 6.07) is 0.852. The highest BCUT2D eigenvalue weighted by molar-refractivity contribution is 4.81. The van der Waals surface area contributed by atoms with E-state index in [-0.39, 0.29) is 0 Å². The van der Waals surface area contributed by atoms with Gasteiger partial charge in [0, 0.05) is 39.4 Å². The summed E-state index contributed by atoms with van der Waals surface area (Å²) in [7, 11) is 3.53. The second kappa shape index (κ2) is 10.6. The SMILES string of the molecule is COCCN(C(C)COC)C(CN)CC1CCCCC1. The minimum Gasteiger partial charge on any atom is -0.383 e. The van der Waals surface area contributed by atoms with Crippen molar-refractivity contribution >= 4 is 0 Å². The van der Waals surface area contributed by atoms with E-state index in [9.17, 15) is 0 Å². The summed E-state index contributed by atoms with van der Waals surface area (Å²) in [6.07, 6.45) is 8.20. The summed E-state index contributed by atoms with van der Waals surface area (Å²) in [4.78, 5) is 2.49. The molecule has 1 fully saturated rings. The quantitative estimate of drug-likeness (QED) is 0.669. The largest absolute Gasteiger partial charge is 0.383 e. The Labute approximate surface area is 125 Å². The van der Waals surface area contributed by atoms with Crippen LogP contribution in [0, 0.1) is 5.92 Å². The van der Waals surface area contributed by atoms with Gasteiger partial charge in [-0.1, -0.05) is 32.1 Å². The van der Waals surface area contributed by atoms with Crippen molar-refractivity contribution in [2.75, 3.05) is 40.5 Å². The maximum Gasteiger partial charge on any atom is 0.0615 e. The maximum atomic E-state index is 6.07. The Morgan fingerprint density at radius 1 is 1.15 bits per heavy atom. The van der Waals surface area contributed by atoms with Gasteiger partial charge >= 0.3 is 0 Å². The number of ether oxygens (including phenoxy) is 2. The van der Waals surface area contributed by atoms with Crippen LogP contribution in [0.15, 0.2) is 0 Å². The van der Waals surface area contributed by atoms with E-state index in [0.29, 0.717) is 12.1 Å². The molecule has 2 atom stereocenters. The highest BCUT2D eigenvalue weighted by Gasteiger charge is 2.26. The Kier molecular flexibility index (Phi) is 9.44. The highest BCUT2D eigenvalue weighted by Crippen LogP contribution is 2.28. The van der Waals surface area contributed by atoms with Crippen LogP contribution >= 0.6 is 0 Å². The van der Waals surface area contributed by atoms with Crippen molar-refractivity contribution < 1.29 is 9.47 Å². The zero-order valence-electron chi connectivity index (χ0n) is 13.6. The molecule has 20 heavy (non-hydrogen) atoms. The van der Waals surface area contributed by atoms with Crippen LogP contribution in [0.4, 0.5) is 0 Å². The molecule has 0 bridgehead atoms. The lowest BCUT2D eigenvalue weighted by molar-refractivity contribution is 0.0396. The first kappa shape index (κ1) is 17.9. The van der Waals surface area contributed by atoms with Gasteiger partial charge in [-0.25, -0.2) is 0 Å². The molecule has 0 aromatic heterocycles. The Bertz CT molecular complexity index is 233. The Hall–Kier alpha value is -0.160. The minimum atomic E-state index is 0.396. The third-order valence-electron chi connectivity index (χ3n) is 4.60. The van der Waals surface area contributed by atoms with Crippen LogP contribution in [0.2, 0.25) is 0 Å². The molecule has 0 aliphatic heterocycles. The molecular weight excluding hydrogens is 252 g/mol. The third kappa shape index (κ3) is 6.08. The number of nitrogens with zero attached hydrogens (tertiary/aromatic N) is 1. The van der Waals surface area contributed by atoms with E-state index >= 15 is 0 Å². The van der Waals surface area contributed by atoms with Gasteiger partial charge in [-0.05, 0) is 19.3 Å². The average molecular weight is 286 g/mol. The normalized spacial score (nSPS) is 20.2. The van der Waals surface area contributed by atoms with Crippen LogP contribution in [0.25, 0.3) is 0 Å². The molecule has 1 aliphatic carbocycles. The zero-order valence-corrected chi connectivity index (χ0v) is 13.6. The van der Waals surface area contributed by atoms with E-state index in [1.165, 1.54) is 38.5 Å². The molecule has 0 heterocycles. The molecule has 0 radical (unpaired) electrons. The first-order chi connectivity index (χ1) is 9.72. The van der Waals surface area contributed by atoms with Crippen LogP contribution in [0.3, 0.4) is 0 Å². The first-order valence-electron chi connectivity index (χ1n) is 8.16. The molecule has 1 aliphatic rings. The van der Waals surface area contributed by atoms with Crippen LogP contribution < -0.4 is 5.73 Å². The van der Waals surface area contributed by atoms with Crippen molar-refractivity contribution in [2.45, 2.75) is 57.5 Å². The standard InChI is InChI=1S/C16H34N2O2/c1-14(13-20-3)18(9-10-19-2)16(12-17)11-15-7-5-4-6-8-15/h14-16H,4-13,17H2,1-3H3. The van der Waals surface area contributed by atoms with Gasteiger partial charge in [-0.3, -0.25) is 4.90 Å². The predicted molar refractivity (Wildman–Crippen MR) is 84.0 cm³/mol. The van der Waals surface area contributed by atoms with E-state index in [2.05, 4.69) is 11.8 Å². The first-order valence-corrected chi connectivity index (χ1v) is 8.16. The molecule has 0 amide bonds. The number of hydrogen-bond donors (Lipinski definition) is 1. The van der Waals surface area contributed by atoms with Crippen molar-refractivity contribution in [3.05, 3.63) is 0 Å². The predicted octanol–water partition coefficient (Wildman–Crippen LogP) is 2.27. The van der Waals surface area contributed by atoms with E-state index in [4.69, 9.17) is 15.2 Å². The molecular formula is C16H34N2O2. The van der Waals surface area contributed by atoms with Gasteiger partial charge in [0.1, 0.15) is 0 Å². The molecule has 0 saturated heterocycles. The average Bonchev–Trinajstić information content (AvgIpc) is 2.47. The summed E-state index contributed by atoms with van der Waals surface area (Å²) >= 11 is 0. The van der Waals surface area contributed by atoms with Gasteiger partial charge < -0.3 is 15.2 Å². The molecule has 2 N–H and O–H groups in total. The van der Waals surface area contributed by atoms with Gasteiger partial charge in [0.25, 0.3) is 0 Å². The molecule has 1 saturated carbocycles.